The lowest BCUT2D eigenvalue weighted by Gasteiger charge is -2.14. The third-order valence-corrected chi connectivity index (χ3v) is 2.26. The van der Waals surface area contributed by atoms with E-state index in [9.17, 15) is 5.11 Å². The minimum Gasteiger partial charge on any atom is -0.380 e. The Morgan fingerprint density at radius 2 is 1.93 bits per heavy atom. The van der Waals surface area contributed by atoms with Crippen LogP contribution < -0.4 is 0 Å². The van der Waals surface area contributed by atoms with E-state index in [2.05, 4.69) is 31.8 Å². The van der Waals surface area contributed by atoms with Gasteiger partial charge in [-0.25, -0.2) is 0 Å². The minimum atomic E-state index is -0.897. The molecule has 88 valence electrons. The van der Waals surface area contributed by atoms with E-state index in [-0.39, 0.29) is 0 Å². The standard InChI is InChI=1S/C13H25NO/c1-11(2)9-12(3)7-6-8-13(4,15)10-14-5/h6,8,10-12,15H,7,9H2,1-5H3/b8-6-,14-10-. The number of hydrogen-bond donors (Lipinski definition) is 1. The Morgan fingerprint density at radius 1 is 1.33 bits per heavy atom. The molecule has 0 aromatic heterocycles. The predicted molar refractivity (Wildman–Crippen MR) is 67.4 cm³/mol. The molecule has 0 aliphatic heterocycles. The van der Waals surface area contributed by atoms with Crippen molar-refractivity contribution in [3.05, 3.63) is 12.2 Å². The van der Waals surface area contributed by atoms with Gasteiger partial charge in [0.2, 0.25) is 0 Å². The summed E-state index contributed by atoms with van der Waals surface area (Å²) in [5.41, 5.74) is -0.897. The zero-order valence-corrected chi connectivity index (χ0v) is 10.7. The second kappa shape index (κ2) is 6.78. The highest BCUT2D eigenvalue weighted by molar-refractivity contribution is 5.70. The molecule has 0 aromatic rings. The Kier molecular flexibility index (Phi) is 6.50. The summed E-state index contributed by atoms with van der Waals surface area (Å²) < 4.78 is 0. The summed E-state index contributed by atoms with van der Waals surface area (Å²) in [6.07, 6.45) is 7.67. The summed E-state index contributed by atoms with van der Waals surface area (Å²) in [5.74, 6) is 1.42. The highest BCUT2D eigenvalue weighted by Crippen LogP contribution is 2.15. The van der Waals surface area contributed by atoms with Crippen LogP contribution in [0.4, 0.5) is 0 Å². The van der Waals surface area contributed by atoms with Crippen LogP contribution in [-0.2, 0) is 0 Å². The van der Waals surface area contributed by atoms with Gasteiger partial charge in [-0.2, -0.15) is 0 Å². The first-order valence-corrected chi connectivity index (χ1v) is 5.70. The van der Waals surface area contributed by atoms with Crippen molar-refractivity contribution in [1.29, 1.82) is 0 Å². The Labute approximate surface area is 94.1 Å². The van der Waals surface area contributed by atoms with E-state index < -0.39 is 5.60 Å². The quantitative estimate of drug-likeness (QED) is 0.531. The van der Waals surface area contributed by atoms with Gasteiger partial charge in [-0.1, -0.05) is 32.9 Å². The number of hydrogen-bond acceptors (Lipinski definition) is 2. The lowest BCUT2D eigenvalue weighted by molar-refractivity contribution is 0.189. The molecule has 0 saturated heterocycles. The third-order valence-electron chi connectivity index (χ3n) is 2.26. The van der Waals surface area contributed by atoms with Crippen molar-refractivity contribution in [3.8, 4) is 0 Å². The maximum atomic E-state index is 9.77. The van der Waals surface area contributed by atoms with Crippen molar-refractivity contribution in [3.63, 3.8) is 0 Å². The molecule has 2 heteroatoms. The van der Waals surface area contributed by atoms with Crippen molar-refractivity contribution in [1.82, 2.24) is 0 Å². The highest BCUT2D eigenvalue weighted by Gasteiger charge is 2.11. The topological polar surface area (TPSA) is 32.6 Å². The summed E-state index contributed by atoms with van der Waals surface area (Å²) in [4.78, 5) is 3.83. The van der Waals surface area contributed by atoms with Crippen LogP contribution in [0.3, 0.4) is 0 Å². The van der Waals surface area contributed by atoms with Crippen LogP contribution in [0.15, 0.2) is 17.1 Å². The van der Waals surface area contributed by atoms with E-state index in [1.165, 1.54) is 6.42 Å². The van der Waals surface area contributed by atoms with Crippen LogP contribution in [0.1, 0.15) is 40.5 Å². The second-order valence-corrected chi connectivity index (χ2v) is 4.99. The van der Waals surface area contributed by atoms with Crippen LogP contribution in [-0.4, -0.2) is 24.0 Å². The average molecular weight is 211 g/mol. The van der Waals surface area contributed by atoms with E-state index >= 15 is 0 Å². The molecule has 1 N–H and O–H groups in total. The molecular formula is C13H25NO. The van der Waals surface area contributed by atoms with Crippen LogP contribution in [0.25, 0.3) is 0 Å². The number of allylic oxidation sites excluding steroid dienone is 1. The van der Waals surface area contributed by atoms with Crippen molar-refractivity contribution < 1.29 is 5.11 Å². The summed E-state index contributed by atoms with van der Waals surface area (Å²) in [6.45, 7) is 8.46. The molecule has 0 aromatic carbocycles. The normalized spacial score (nSPS) is 18.9. The van der Waals surface area contributed by atoms with E-state index in [0.717, 1.165) is 12.3 Å². The molecular weight excluding hydrogens is 186 g/mol. The summed E-state index contributed by atoms with van der Waals surface area (Å²) in [5, 5.41) is 9.77. The number of aliphatic hydroxyl groups is 1. The van der Waals surface area contributed by atoms with Gasteiger partial charge in [-0.05, 0) is 31.6 Å². The molecule has 0 bridgehead atoms. The summed E-state index contributed by atoms with van der Waals surface area (Å²) in [7, 11) is 1.67. The van der Waals surface area contributed by atoms with Crippen LogP contribution in [0.2, 0.25) is 0 Å². The van der Waals surface area contributed by atoms with E-state index in [1.807, 2.05) is 6.08 Å². The first-order valence-electron chi connectivity index (χ1n) is 5.70. The maximum Gasteiger partial charge on any atom is 0.114 e. The Hall–Kier alpha value is -0.630. The van der Waals surface area contributed by atoms with Crippen LogP contribution in [0, 0.1) is 11.8 Å². The van der Waals surface area contributed by atoms with Gasteiger partial charge in [0, 0.05) is 13.3 Å². The van der Waals surface area contributed by atoms with E-state index in [0.29, 0.717) is 5.92 Å². The molecule has 2 unspecified atom stereocenters. The Morgan fingerprint density at radius 3 is 2.40 bits per heavy atom. The largest absolute Gasteiger partial charge is 0.380 e. The highest BCUT2D eigenvalue weighted by atomic mass is 16.3. The van der Waals surface area contributed by atoms with Gasteiger partial charge in [-0.15, -0.1) is 0 Å². The first kappa shape index (κ1) is 14.4. The second-order valence-electron chi connectivity index (χ2n) is 4.99. The van der Waals surface area contributed by atoms with Crippen LogP contribution in [0.5, 0.6) is 0 Å². The monoisotopic (exact) mass is 211 g/mol. The fraction of sp³-hybridized carbons (Fsp3) is 0.769. The smallest absolute Gasteiger partial charge is 0.114 e. The molecule has 0 rings (SSSR count). The van der Waals surface area contributed by atoms with E-state index in [4.69, 9.17) is 0 Å². The lowest BCUT2D eigenvalue weighted by atomic mass is 9.95. The number of rotatable bonds is 6. The molecule has 0 heterocycles. The van der Waals surface area contributed by atoms with Crippen molar-refractivity contribution in [2.24, 2.45) is 16.8 Å². The molecule has 15 heavy (non-hydrogen) atoms. The molecule has 0 aliphatic carbocycles. The lowest BCUT2D eigenvalue weighted by Crippen LogP contribution is -2.22. The number of nitrogens with zero attached hydrogens (tertiary/aromatic N) is 1. The van der Waals surface area contributed by atoms with Gasteiger partial charge in [0.1, 0.15) is 5.60 Å². The minimum absolute atomic E-state index is 0.676. The zero-order chi connectivity index (χ0) is 11.9. The van der Waals surface area contributed by atoms with Crippen LogP contribution >= 0.6 is 0 Å². The SMILES string of the molecule is C/N=C\C(C)(O)/C=C\CC(C)CC(C)C. The molecule has 0 amide bonds. The maximum absolute atomic E-state index is 9.77. The fourth-order valence-corrected chi connectivity index (χ4v) is 1.74. The molecule has 0 aliphatic rings. The predicted octanol–water partition coefficient (Wildman–Crippen LogP) is 3.07. The molecule has 0 saturated carbocycles. The van der Waals surface area contributed by atoms with Crippen molar-refractivity contribution in [2.75, 3.05) is 7.05 Å². The Bertz CT molecular complexity index is 217. The van der Waals surface area contributed by atoms with Gasteiger partial charge in [-0.3, -0.25) is 4.99 Å². The van der Waals surface area contributed by atoms with Gasteiger partial charge in [0.05, 0.1) is 0 Å². The summed E-state index contributed by atoms with van der Waals surface area (Å²) >= 11 is 0. The van der Waals surface area contributed by atoms with Gasteiger partial charge in [0.25, 0.3) is 0 Å². The molecule has 2 atom stereocenters. The third kappa shape index (κ3) is 8.37. The molecule has 0 fully saturated rings. The first-order chi connectivity index (χ1) is 6.87. The zero-order valence-electron chi connectivity index (χ0n) is 10.7. The molecule has 0 radical (unpaired) electrons. The van der Waals surface area contributed by atoms with Gasteiger partial charge in [0.15, 0.2) is 0 Å². The molecule has 2 nitrogen and oxygen atoms in total. The van der Waals surface area contributed by atoms with Crippen molar-refractivity contribution in [2.45, 2.75) is 46.1 Å². The molecule has 0 spiro atoms. The fourth-order valence-electron chi connectivity index (χ4n) is 1.74. The van der Waals surface area contributed by atoms with Gasteiger partial charge < -0.3 is 5.11 Å². The van der Waals surface area contributed by atoms with E-state index in [1.54, 1.807) is 20.2 Å². The summed E-state index contributed by atoms with van der Waals surface area (Å²) in [6, 6.07) is 0. The van der Waals surface area contributed by atoms with Crippen molar-refractivity contribution >= 4 is 6.21 Å². The number of aliphatic imine (C=N–C) groups is 1. The average Bonchev–Trinajstić information content (AvgIpc) is 2.01. The van der Waals surface area contributed by atoms with Gasteiger partial charge >= 0.3 is 0 Å². The Balaban J connectivity index is 3.98.